The summed E-state index contributed by atoms with van der Waals surface area (Å²) in [5, 5.41) is 33.9. The lowest BCUT2D eigenvalue weighted by Crippen LogP contribution is -2.70. The molecular formula is C41H63N3O10. The quantitative estimate of drug-likeness (QED) is 0.0642. The number of nitrogens with zero attached hydrogens (tertiary/aromatic N) is 3. The molecule has 0 radical (unpaired) electrons. The van der Waals surface area contributed by atoms with Gasteiger partial charge in [-0.2, -0.15) is 0 Å². The van der Waals surface area contributed by atoms with Gasteiger partial charge in [0.15, 0.2) is 0 Å². The van der Waals surface area contributed by atoms with Gasteiger partial charge < -0.3 is 43.8 Å². The monoisotopic (exact) mass is 757 g/mol. The third-order valence-electron chi connectivity index (χ3n) is 10.8. The first-order valence-corrected chi connectivity index (χ1v) is 19.8. The van der Waals surface area contributed by atoms with Gasteiger partial charge in [-0.15, -0.1) is 6.58 Å². The van der Waals surface area contributed by atoms with Crippen LogP contribution < -0.4 is 9.47 Å². The molecule has 0 aromatic heterocycles. The molecule has 1 amide bonds. The fourth-order valence-corrected chi connectivity index (χ4v) is 8.34. The number of rotatable bonds is 22. The van der Waals surface area contributed by atoms with Crippen LogP contribution in [0.5, 0.6) is 11.5 Å². The predicted octanol–water partition coefficient (Wildman–Crippen LogP) is 4.89. The van der Waals surface area contributed by atoms with Gasteiger partial charge in [-0.3, -0.25) is 9.80 Å². The van der Waals surface area contributed by atoms with E-state index in [-0.39, 0.29) is 70.4 Å². The third kappa shape index (κ3) is 10.2. The summed E-state index contributed by atoms with van der Waals surface area (Å²) in [5.41, 5.74) is 2.07. The van der Waals surface area contributed by atoms with Crippen molar-refractivity contribution in [2.45, 2.75) is 89.1 Å². The number of carbonyl (C=O) groups is 1. The summed E-state index contributed by atoms with van der Waals surface area (Å²) in [7, 11) is 1.35. The molecule has 13 heteroatoms. The Labute approximate surface area is 320 Å². The van der Waals surface area contributed by atoms with Gasteiger partial charge in [-0.05, 0) is 82.1 Å². The Morgan fingerprint density at radius 2 is 1.83 bits per heavy atom. The summed E-state index contributed by atoms with van der Waals surface area (Å²) in [6.45, 7) is 14.1. The predicted molar refractivity (Wildman–Crippen MR) is 205 cm³/mol. The van der Waals surface area contributed by atoms with Gasteiger partial charge >= 0.3 is 6.09 Å². The number of methoxy groups -OCH3 is 1. The van der Waals surface area contributed by atoms with E-state index in [4.69, 9.17) is 33.7 Å². The van der Waals surface area contributed by atoms with Crippen molar-refractivity contribution >= 4 is 11.8 Å². The van der Waals surface area contributed by atoms with Gasteiger partial charge in [0.1, 0.15) is 29.7 Å². The van der Waals surface area contributed by atoms with Crippen molar-refractivity contribution in [3.05, 3.63) is 48.1 Å². The van der Waals surface area contributed by atoms with E-state index in [1.54, 1.807) is 11.0 Å². The van der Waals surface area contributed by atoms with E-state index in [0.29, 0.717) is 30.9 Å². The Hall–Kier alpha value is -3.20. The van der Waals surface area contributed by atoms with Crippen LogP contribution in [0.3, 0.4) is 0 Å². The van der Waals surface area contributed by atoms with Crippen LogP contribution in [0.4, 0.5) is 4.79 Å². The van der Waals surface area contributed by atoms with Crippen LogP contribution in [-0.2, 0) is 19.0 Å². The summed E-state index contributed by atoms with van der Waals surface area (Å²) >= 11 is 0. The Morgan fingerprint density at radius 1 is 1.07 bits per heavy atom. The molecule has 13 nitrogen and oxygen atoms in total. The molecule has 0 spiro atoms. The summed E-state index contributed by atoms with van der Waals surface area (Å²) in [4.78, 5) is 23.9. The second-order valence-corrected chi connectivity index (χ2v) is 15.7. The van der Waals surface area contributed by atoms with E-state index in [9.17, 15) is 20.1 Å². The number of hydrogen-bond donors (Lipinski definition) is 3. The normalized spacial score (nSPS) is 26.6. The van der Waals surface area contributed by atoms with Crippen LogP contribution in [-0.4, -0.2) is 134 Å². The number of carbonyl (C=O) groups excluding carboxylic acids is 1. The number of hydrogen-bond acceptors (Lipinski definition) is 12. The standard InChI is InChI=1S/C41H63N3O10/c1-6-22-52-41-36(44(39(48)49-5)18-23-50-25-21-47)28-34(42-54-40(2,3)4)32-26-29(11-7-9-19-45)31(12-8-10-20-46)37(38(32)41)33-27-30(13-14-35(33)53-41)51-24-17-43-15-16-43/h6,13-14,26-27,29,31,36-38,45-47H,1,7-12,15-25,28H2,2-5H3/t29-,31+,36-,37+,38+,41+/m0/s1. The van der Waals surface area contributed by atoms with Gasteiger partial charge in [-0.25, -0.2) is 4.79 Å². The Kier molecular flexibility index (Phi) is 15.2. The minimum Gasteiger partial charge on any atom is -0.492 e. The zero-order valence-corrected chi connectivity index (χ0v) is 32.7. The van der Waals surface area contributed by atoms with E-state index >= 15 is 0 Å². The highest BCUT2D eigenvalue weighted by Gasteiger charge is 2.65. The molecule has 2 fully saturated rings. The van der Waals surface area contributed by atoms with Crippen LogP contribution in [0, 0.1) is 17.8 Å². The van der Waals surface area contributed by atoms with Crippen molar-refractivity contribution in [2.24, 2.45) is 22.9 Å². The number of fused-ring (bicyclic) bond motifs is 2. The lowest BCUT2D eigenvalue weighted by molar-refractivity contribution is -0.256. The van der Waals surface area contributed by atoms with E-state index in [1.807, 2.05) is 32.9 Å². The number of unbranched alkanes of at least 4 members (excludes halogenated alkanes) is 2. The van der Waals surface area contributed by atoms with Gasteiger partial charge in [0.25, 0.3) is 0 Å². The van der Waals surface area contributed by atoms with Crippen LogP contribution in [0.2, 0.25) is 0 Å². The minimum absolute atomic E-state index is 0.0918. The molecule has 302 valence electrons. The van der Waals surface area contributed by atoms with Crippen molar-refractivity contribution in [1.29, 1.82) is 0 Å². The van der Waals surface area contributed by atoms with Gasteiger partial charge in [0.05, 0.1) is 45.2 Å². The molecule has 1 aromatic rings. The molecule has 2 heterocycles. The first kappa shape index (κ1) is 42.0. The third-order valence-corrected chi connectivity index (χ3v) is 10.8. The van der Waals surface area contributed by atoms with Crippen LogP contribution in [0.1, 0.15) is 77.2 Å². The maximum Gasteiger partial charge on any atom is 0.410 e. The average molecular weight is 758 g/mol. The average Bonchev–Trinajstić information content (AvgIpc) is 3.99. The zero-order chi connectivity index (χ0) is 38.7. The highest BCUT2D eigenvalue weighted by Crippen LogP contribution is 2.62. The largest absolute Gasteiger partial charge is 0.492 e. The molecule has 2 aliphatic carbocycles. The summed E-state index contributed by atoms with van der Waals surface area (Å²) < 4.78 is 31.6. The molecule has 54 heavy (non-hydrogen) atoms. The molecule has 5 rings (SSSR count). The second-order valence-electron chi connectivity index (χ2n) is 15.7. The number of benzene rings is 1. The van der Waals surface area contributed by atoms with Crippen LogP contribution in [0.15, 0.2) is 47.7 Å². The molecule has 1 saturated heterocycles. The lowest BCUT2D eigenvalue weighted by atomic mass is 9.55. The fraction of sp³-hybridized carbons (Fsp3) is 0.707. The van der Waals surface area contributed by atoms with E-state index in [0.717, 1.165) is 62.2 Å². The molecule has 1 saturated carbocycles. The molecule has 3 N–H and O–H groups in total. The van der Waals surface area contributed by atoms with E-state index in [2.05, 4.69) is 23.6 Å². The smallest absolute Gasteiger partial charge is 0.410 e. The van der Waals surface area contributed by atoms with Crippen LogP contribution >= 0.6 is 0 Å². The SMILES string of the molecule is C=CCO[C@@]12Oc3ccc(OCCN4CC4)cc3[C@H]3[C@H](CCCCO)[C@@H](CCCCO)C=C(C(=NOC(C)(C)C)C[C@@H]1N(CCOCCO)C(=O)OC)[C@H]32. The number of allylic oxidation sites excluding steroid dienone is 1. The van der Waals surface area contributed by atoms with Crippen molar-refractivity contribution in [3.8, 4) is 11.5 Å². The Bertz CT molecular complexity index is 1440. The molecular weight excluding hydrogens is 694 g/mol. The molecule has 2 aliphatic heterocycles. The minimum atomic E-state index is -1.41. The first-order valence-electron chi connectivity index (χ1n) is 19.8. The van der Waals surface area contributed by atoms with Gasteiger partial charge in [0.2, 0.25) is 5.79 Å². The van der Waals surface area contributed by atoms with Crippen molar-refractivity contribution in [2.75, 3.05) is 79.5 Å². The fourth-order valence-electron chi connectivity index (χ4n) is 8.34. The zero-order valence-electron chi connectivity index (χ0n) is 32.7. The Balaban J connectivity index is 1.73. The first-order chi connectivity index (χ1) is 26.1. The highest BCUT2D eigenvalue weighted by atomic mass is 16.7. The summed E-state index contributed by atoms with van der Waals surface area (Å²) in [6, 6.07) is 5.26. The summed E-state index contributed by atoms with van der Waals surface area (Å²) in [6.07, 6.45) is 8.39. The maximum absolute atomic E-state index is 13.8. The second kappa shape index (κ2) is 19.6. The summed E-state index contributed by atoms with van der Waals surface area (Å²) in [5.74, 6) is -0.404. The number of oxime groups is 1. The molecule has 4 aliphatic rings. The highest BCUT2D eigenvalue weighted by molar-refractivity contribution is 6.03. The number of amides is 1. The van der Waals surface area contributed by atoms with Crippen molar-refractivity contribution in [1.82, 2.24) is 9.80 Å². The maximum atomic E-state index is 13.8. The lowest BCUT2D eigenvalue weighted by Gasteiger charge is -2.59. The van der Waals surface area contributed by atoms with Crippen molar-refractivity contribution < 1.29 is 48.6 Å². The van der Waals surface area contributed by atoms with Gasteiger partial charge in [0, 0.05) is 57.3 Å². The molecule has 1 aromatic carbocycles. The molecule has 0 bridgehead atoms. The molecule has 6 atom stereocenters. The van der Waals surface area contributed by atoms with Crippen molar-refractivity contribution in [3.63, 3.8) is 0 Å². The number of ether oxygens (including phenoxy) is 5. The Morgan fingerprint density at radius 3 is 2.50 bits per heavy atom. The van der Waals surface area contributed by atoms with Crippen LogP contribution in [0.25, 0.3) is 0 Å². The topological polar surface area (TPSA) is 152 Å². The molecule has 0 unspecified atom stereocenters. The van der Waals surface area contributed by atoms with Gasteiger partial charge in [-0.1, -0.05) is 30.1 Å². The number of aliphatic hydroxyl groups is 3. The van der Waals surface area contributed by atoms with E-state index in [1.165, 1.54) is 7.11 Å². The number of aliphatic hydroxyl groups excluding tert-OH is 3. The van der Waals surface area contributed by atoms with E-state index < -0.39 is 29.4 Å².